The van der Waals surface area contributed by atoms with E-state index in [1.165, 1.54) is 16.2 Å². The van der Waals surface area contributed by atoms with Crippen molar-refractivity contribution in [1.29, 1.82) is 0 Å². The first-order chi connectivity index (χ1) is 12.6. The summed E-state index contributed by atoms with van der Waals surface area (Å²) in [5.74, 6) is -0.0443. The number of rotatable bonds is 5. The van der Waals surface area contributed by atoms with Crippen LogP contribution in [0.5, 0.6) is 5.75 Å². The Hall–Kier alpha value is -2.38. The summed E-state index contributed by atoms with van der Waals surface area (Å²) in [6.45, 7) is 1.85. The highest BCUT2D eigenvalue weighted by Gasteiger charge is 2.44. The number of aryl methyl sites for hydroxylation is 2. The van der Waals surface area contributed by atoms with E-state index in [4.69, 9.17) is 9.57 Å². The quantitative estimate of drug-likeness (QED) is 0.489. The molecule has 4 rings (SSSR count). The van der Waals surface area contributed by atoms with E-state index in [0.29, 0.717) is 12.3 Å². The summed E-state index contributed by atoms with van der Waals surface area (Å²) in [7, 11) is 0. The van der Waals surface area contributed by atoms with Crippen LogP contribution >= 0.6 is 0 Å². The SMILES string of the molecule is CC1=CC2CN(C(=O)N2OCC(=O)Oc2ccc3c(c2)CCC3)[C@@H]1CO. The monoisotopic (exact) mass is 358 g/mol. The van der Waals surface area contributed by atoms with Crippen LogP contribution in [0.1, 0.15) is 24.5 Å². The minimum atomic E-state index is -0.549. The van der Waals surface area contributed by atoms with Gasteiger partial charge in [0, 0.05) is 6.54 Å². The van der Waals surface area contributed by atoms with Crippen molar-refractivity contribution in [3.63, 3.8) is 0 Å². The van der Waals surface area contributed by atoms with Crippen LogP contribution in [0.4, 0.5) is 4.79 Å². The largest absolute Gasteiger partial charge is 0.425 e. The normalized spacial score (nSPS) is 23.9. The maximum Gasteiger partial charge on any atom is 0.345 e. The van der Waals surface area contributed by atoms with E-state index in [1.54, 1.807) is 11.0 Å². The molecular weight excluding hydrogens is 336 g/mol. The summed E-state index contributed by atoms with van der Waals surface area (Å²) in [5.41, 5.74) is 3.46. The van der Waals surface area contributed by atoms with Gasteiger partial charge in [0.1, 0.15) is 5.75 Å². The van der Waals surface area contributed by atoms with Crippen molar-refractivity contribution in [2.24, 2.45) is 0 Å². The number of nitrogens with zero attached hydrogens (tertiary/aromatic N) is 2. The van der Waals surface area contributed by atoms with E-state index in [9.17, 15) is 14.7 Å². The lowest BCUT2D eigenvalue weighted by Crippen LogP contribution is -2.42. The minimum absolute atomic E-state index is 0.130. The van der Waals surface area contributed by atoms with Crippen LogP contribution < -0.4 is 4.74 Å². The Bertz CT molecular complexity index is 775. The van der Waals surface area contributed by atoms with Crippen molar-refractivity contribution in [3.05, 3.63) is 41.0 Å². The van der Waals surface area contributed by atoms with Crippen molar-refractivity contribution in [1.82, 2.24) is 9.96 Å². The molecule has 0 radical (unpaired) electrons. The molecule has 0 saturated carbocycles. The van der Waals surface area contributed by atoms with Crippen LogP contribution in [0.3, 0.4) is 0 Å². The number of hydrogen-bond acceptors (Lipinski definition) is 5. The van der Waals surface area contributed by atoms with E-state index >= 15 is 0 Å². The van der Waals surface area contributed by atoms with Gasteiger partial charge in [-0.05, 0) is 49.4 Å². The van der Waals surface area contributed by atoms with E-state index < -0.39 is 5.97 Å². The summed E-state index contributed by atoms with van der Waals surface area (Å²) in [5, 5.41) is 10.7. The Kier molecular flexibility index (Phi) is 4.42. The van der Waals surface area contributed by atoms with Crippen molar-refractivity contribution in [2.75, 3.05) is 19.8 Å². The summed E-state index contributed by atoms with van der Waals surface area (Å²) in [4.78, 5) is 31.5. The molecule has 0 spiro atoms. The summed E-state index contributed by atoms with van der Waals surface area (Å²) in [6, 6.07) is 4.77. The summed E-state index contributed by atoms with van der Waals surface area (Å²) in [6.07, 6.45) is 5.11. The number of carbonyl (C=O) groups excluding carboxylic acids is 2. The molecule has 26 heavy (non-hydrogen) atoms. The molecule has 1 saturated heterocycles. The average Bonchev–Trinajstić information content (AvgIpc) is 3.17. The van der Waals surface area contributed by atoms with E-state index in [2.05, 4.69) is 0 Å². The molecule has 7 nitrogen and oxygen atoms in total. The van der Waals surface area contributed by atoms with Crippen LogP contribution in [0, 0.1) is 0 Å². The first kappa shape index (κ1) is 17.1. The van der Waals surface area contributed by atoms with Gasteiger partial charge in [-0.1, -0.05) is 17.7 Å². The van der Waals surface area contributed by atoms with E-state index in [-0.39, 0.29) is 31.3 Å². The lowest BCUT2D eigenvalue weighted by molar-refractivity contribution is -0.161. The molecule has 7 heteroatoms. The molecule has 138 valence electrons. The minimum Gasteiger partial charge on any atom is -0.425 e. The van der Waals surface area contributed by atoms with Crippen LogP contribution in [0.15, 0.2) is 29.8 Å². The molecular formula is C19H22N2O5. The number of hydroxylamine groups is 2. The highest BCUT2D eigenvalue weighted by Crippen LogP contribution is 2.29. The molecule has 2 amide bonds. The maximum absolute atomic E-state index is 12.4. The van der Waals surface area contributed by atoms with E-state index in [0.717, 1.165) is 24.8 Å². The van der Waals surface area contributed by atoms with Gasteiger partial charge in [0.25, 0.3) is 0 Å². The number of fused-ring (bicyclic) bond motifs is 3. The third-order valence-corrected chi connectivity index (χ3v) is 5.27. The van der Waals surface area contributed by atoms with Gasteiger partial charge in [-0.2, -0.15) is 5.06 Å². The number of aliphatic hydroxyl groups excluding tert-OH is 1. The highest BCUT2D eigenvalue weighted by atomic mass is 16.7. The maximum atomic E-state index is 12.4. The van der Waals surface area contributed by atoms with Crippen LogP contribution in [-0.2, 0) is 22.5 Å². The zero-order valence-electron chi connectivity index (χ0n) is 14.7. The summed E-state index contributed by atoms with van der Waals surface area (Å²) < 4.78 is 5.34. The third kappa shape index (κ3) is 2.97. The van der Waals surface area contributed by atoms with Gasteiger partial charge in [0.05, 0.1) is 18.7 Å². The Balaban J connectivity index is 1.36. The number of ether oxygens (including phenoxy) is 1. The molecule has 1 N–H and O–H groups in total. The molecule has 3 aliphatic rings. The smallest absolute Gasteiger partial charge is 0.345 e. The number of aliphatic hydroxyl groups is 1. The van der Waals surface area contributed by atoms with Gasteiger partial charge in [0.15, 0.2) is 6.61 Å². The standard InChI is InChI=1S/C19H22N2O5/c1-12-7-15-9-20(17(12)10-22)19(24)21(15)25-11-18(23)26-16-6-5-13-3-2-4-14(13)8-16/h5-8,15,17,22H,2-4,9-11H2,1H3/t15?,17-/m1/s1. The Morgan fingerprint density at radius 2 is 2.12 bits per heavy atom. The lowest BCUT2D eigenvalue weighted by atomic mass is 10.0. The number of carbonyl (C=O) groups is 2. The fourth-order valence-corrected chi connectivity index (χ4v) is 3.95. The van der Waals surface area contributed by atoms with Gasteiger partial charge >= 0.3 is 12.0 Å². The molecule has 1 aliphatic carbocycles. The first-order valence-corrected chi connectivity index (χ1v) is 8.91. The predicted octanol–water partition coefficient (Wildman–Crippen LogP) is 1.44. The molecule has 1 aromatic carbocycles. The first-order valence-electron chi connectivity index (χ1n) is 8.91. The topological polar surface area (TPSA) is 79.3 Å². The van der Waals surface area contributed by atoms with Gasteiger partial charge in [0.2, 0.25) is 0 Å². The summed E-state index contributed by atoms with van der Waals surface area (Å²) >= 11 is 0. The highest BCUT2D eigenvalue weighted by molar-refractivity contribution is 5.79. The molecule has 2 heterocycles. The molecule has 2 bridgehead atoms. The number of urea groups is 1. The van der Waals surface area contributed by atoms with E-state index in [1.807, 2.05) is 25.1 Å². The average molecular weight is 358 g/mol. The van der Waals surface area contributed by atoms with Crippen molar-refractivity contribution in [3.8, 4) is 5.75 Å². The van der Waals surface area contributed by atoms with Crippen molar-refractivity contribution < 1.29 is 24.3 Å². The predicted molar refractivity (Wildman–Crippen MR) is 92.4 cm³/mol. The second-order valence-electron chi connectivity index (χ2n) is 6.97. The van der Waals surface area contributed by atoms with Crippen molar-refractivity contribution in [2.45, 2.75) is 38.3 Å². The molecule has 2 aliphatic heterocycles. The Morgan fingerprint density at radius 3 is 2.92 bits per heavy atom. The number of esters is 1. The van der Waals surface area contributed by atoms with Gasteiger partial charge in [-0.25, -0.2) is 9.59 Å². The zero-order chi connectivity index (χ0) is 18.3. The fraction of sp³-hybridized carbons (Fsp3) is 0.474. The number of hydrogen-bond donors (Lipinski definition) is 1. The Labute approximate surface area is 151 Å². The molecule has 2 atom stereocenters. The van der Waals surface area contributed by atoms with Gasteiger partial charge in [-0.3, -0.25) is 4.84 Å². The molecule has 1 aromatic rings. The van der Waals surface area contributed by atoms with Crippen molar-refractivity contribution >= 4 is 12.0 Å². The van der Waals surface area contributed by atoms with Crippen LogP contribution in [-0.4, -0.2) is 58.9 Å². The molecule has 1 fully saturated rings. The fourth-order valence-electron chi connectivity index (χ4n) is 3.95. The van der Waals surface area contributed by atoms with Crippen LogP contribution in [0.25, 0.3) is 0 Å². The lowest BCUT2D eigenvalue weighted by Gasteiger charge is -2.28. The second kappa shape index (κ2) is 6.74. The number of benzene rings is 1. The van der Waals surface area contributed by atoms with Crippen LogP contribution in [0.2, 0.25) is 0 Å². The second-order valence-corrected chi connectivity index (χ2v) is 6.97. The third-order valence-electron chi connectivity index (χ3n) is 5.27. The molecule has 0 aromatic heterocycles. The van der Waals surface area contributed by atoms with Gasteiger partial charge < -0.3 is 14.7 Å². The van der Waals surface area contributed by atoms with Gasteiger partial charge in [-0.15, -0.1) is 0 Å². The molecule has 1 unspecified atom stereocenters. The zero-order valence-corrected chi connectivity index (χ0v) is 14.7. The number of amides is 2. The Morgan fingerprint density at radius 1 is 1.31 bits per heavy atom.